The van der Waals surface area contributed by atoms with Crippen molar-refractivity contribution in [2.45, 2.75) is 10.1 Å². The van der Waals surface area contributed by atoms with E-state index in [-0.39, 0.29) is 5.82 Å². The summed E-state index contributed by atoms with van der Waals surface area (Å²) in [4.78, 5) is 31.5. The molecule has 2 N–H and O–H groups in total. The van der Waals surface area contributed by atoms with Crippen LogP contribution in [0.3, 0.4) is 0 Å². The first kappa shape index (κ1) is 13.1. The van der Waals surface area contributed by atoms with Gasteiger partial charge in [-0.3, -0.25) is 14.8 Å². The molecule has 0 aliphatic heterocycles. The number of aromatic nitrogens is 3. The van der Waals surface area contributed by atoms with Crippen LogP contribution in [0.1, 0.15) is 5.56 Å². The molecule has 0 unspecified atom stereocenters. The van der Waals surface area contributed by atoms with Crippen molar-refractivity contribution in [2.24, 2.45) is 0 Å². The quantitative estimate of drug-likeness (QED) is 0.726. The molecule has 0 aliphatic rings. The third-order valence-corrected chi connectivity index (χ3v) is 4.82. The molecule has 2 heterocycles. The number of halogens is 1. The molecular formula is C12H8FN3O2S2. The van der Waals surface area contributed by atoms with Gasteiger partial charge >= 0.3 is 5.69 Å². The molecule has 0 bridgehead atoms. The van der Waals surface area contributed by atoms with Crippen molar-refractivity contribution in [3.05, 3.63) is 56.5 Å². The lowest BCUT2D eigenvalue weighted by molar-refractivity contribution is 0.627. The van der Waals surface area contributed by atoms with Gasteiger partial charge in [-0.05, 0) is 17.7 Å². The summed E-state index contributed by atoms with van der Waals surface area (Å²) in [6, 6.07) is 6.20. The van der Waals surface area contributed by atoms with Crippen molar-refractivity contribution in [2.75, 3.05) is 0 Å². The second-order valence-corrected chi connectivity index (χ2v) is 6.20. The fraction of sp³-hybridized carbons (Fsp3) is 0.0833. The second kappa shape index (κ2) is 5.22. The van der Waals surface area contributed by atoms with Crippen molar-refractivity contribution < 1.29 is 4.39 Å². The molecule has 20 heavy (non-hydrogen) atoms. The molecule has 0 saturated carbocycles. The second-order valence-electron chi connectivity index (χ2n) is 3.98. The molecule has 3 aromatic rings. The smallest absolute Gasteiger partial charge is 0.291 e. The summed E-state index contributed by atoms with van der Waals surface area (Å²) >= 11 is 2.65. The van der Waals surface area contributed by atoms with E-state index < -0.39 is 11.2 Å². The summed E-state index contributed by atoms with van der Waals surface area (Å²) in [7, 11) is 0. The number of hydrogen-bond acceptors (Lipinski definition) is 5. The van der Waals surface area contributed by atoms with Crippen LogP contribution in [-0.4, -0.2) is 15.0 Å². The van der Waals surface area contributed by atoms with E-state index in [1.807, 2.05) is 0 Å². The number of aromatic amines is 2. The number of thioether (sulfide) groups is 1. The van der Waals surface area contributed by atoms with Gasteiger partial charge in [0.1, 0.15) is 10.5 Å². The fourth-order valence-corrected chi connectivity index (χ4v) is 3.57. The molecule has 8 heteroatoms. The van der Waals surface area contributed by atoms with E-state index in [2.05, 4.69) is 15.0 Å². The summed E-state index contributed by atoms with van der Waals surface area (Å²) in [5.41, 5.74) is 0.251. The number of nitrogens with one attached hydrogen (secondary N) is 2. The van der Waals surface area contributed by atoms with Crippen LogP contribution in [-0.2, 0) is 5.75 Å². The highest BCUT2D eigenvalue weighted by molar-refractivity contribution is 8.00. The Kier molecular flexibility index (Phi) is 3.41. The maximum Gasteiger partial charge on any atom is 0.327 e. The van der Waals surface area contributed by atoms with Gasteiger partial charge in [-0.25, -0.2) is 14.2 Å². The van der Waals surface area contributed by atoms with Gasteiger partial charge in [0.25, 0.3) is 5.56 Å². The van der Waals surface area contributed by atoms with Gasteiger partial charge in [-0.15, -0.1) is 11.3 Å². The Balaban J connectivity index is 1.84. The average molecular weight is 309 g/mol. The Morgan fingerprint density at radius 3 is 2.70 bits per heavy atom. The van der Waals surface area contributed by atoms with Crippen LogP contribution in [0.2, 0.25) is 0 Å². The van der Waals surface area contributed by atoms with Crippen molar-refractivity contribution in [3.8, 4) is 0 Å². The largest absolute Gasteiger partial charge is 0.327 e. The fourth-order valence-electron chi connectivity index (χ4n) is 1.63. The highest BCUT2D eigenvalue weighted by atomic mass is 32.2. The number of benzene rings is 1. The van der Waals surface area contributed by atoms with Crippen LogP contribution in [0, 0.1) is 5.82 Å². The summed E-state index contributed by atoms with van der Waals surface area (Å²) in [6.07, 6.45) is 0. The molecule has 0 aliphatic carbocycles. The van der Waals surface area contributed by atoms with Gasteiger partial charge in [0.05, 0.1) is 0 Å². The Labute approximate surface area is 119 Å². The number of hydrogen-bond donors (Lipinski definition) is 2. The van der Waals surface area contributed by atoms with Crippen LogP contribution in [0.15, 0.2) is 38.2 Å². The van der Waals surface area contributed by atoms with E-state index in [1.165, 1.54) is 35.2 Å². The number of thiazole rings is 1. The standard InChI is InChI=1S/C12H8FN3O2S2/c13-7-3-1-6(2-4-7)5-19-12-15-9-8(20-12)10(17)16-11(18)14-9/h1-4H,5H2,(H2,14,16,17,18). The third kappa shape index (κ3) is 2.66. The molecular weight excluding hydrogens is 301 g/mol. The molecule has 102 valence electrons. The number of nitrogens with zero attached hydrogens (tertiary/aromatic N) is 1. The van der Waals surface area contributed by atoms with E-state index >= 15 is 0 Å². The molecule has 2 aromatic heterocycles. The van der Waals surface area contributed by atoms with E-state index in [9.17, 15) is 14.0 Å². The molecule has 1 aromatic carbocycles. The highest BCUT2D eigenvalue weighted by Crippen LogP contribution is 2.28. The molecule has 0 spiro atoms. The van der Waals surface area contributed by atoms with E-state index in [1.54, 1.807) is 12.1 Å². The predicted octanol–water partition coefficient (Wildman–Crippen LogP) is 2.10. The molecule has 5 nitrogen and oxygen atoms in total. The minimum Gasteiger partial charge on any atom is -0.291 e. The van der Waals surface area contributed by atoms with E-state index in [4.69, 9.17) is 0 Å². The van der Waals surface area contributed by atoms with Gasteiger partial charge in [0.2, 0.25) is 0 Å². The van der Waals surface area contributed by atoms with Crippen LogP contribution < -0.4 is 11.2 Å². The summed E-state index contributed by atoms with van der Waals surface area (Å²) in [5, 5.41) is 0. The summed E-state index contributed by atoms with van der Waals surface area (Å²) in [6.45, 7) is 0. The highest BCUT2D eigenvalue weighted by Gasteiger charge is 2.09. The zero-order valence-electron chi connectivity index (χ0n) is 9.97. The maximum atomic E-state index is 12.8. The molecule has 3 rings (SSSR count). The summed E-state index contributed by atoms with van der Waals surface area (Å²) in [5.74, 6) is 0.338. The number of fused-ring (bicyclic) bond motifs is 1. The normalized spacial score (nSPS) is 11.1. The van der Waals surface area contributed by atoms with Crippen LogP contribution in [0.25, 0.3) is 10.3 Å². The van der Waals surface area contributed by atoms with E-state index in [0.29, 0.717) is 20.4 Å². The average Bonchev–Trinajstić information content (AvgIpc) is 2.81. The topological polar surface area (TPSA) is 78.6 Å². The lowest BCUT2D eigenvalue weighted by Gasteiger charge is -1.98. The Hall–Kier alpha value is -1.93. The minimum absolute atomic E-state index is 0.275. The maximum absolute atomic E-state index is 12.8. The van der Waals surface area contributed by atoms with Gasteiger partial charge in [-0.1, -0.05) is 23.9 Å². The Morgan fingerprint density at radius 1 is 1.20 bits per heavy atom. The molecule has 0 saturated heterocycles. The van der Waals surface area contributed by atoms with Crippen molar-refractivity contribution >= 4 is 33.4 Å². The first-order valence-corrected chi connectivity index (χ1v) is 7.42. The first-order chi connectivity index (χ1) is 9.61. The van der Waals surface area contributed by atoms with Gasteiger partial charge in [-0.2, -0.15) is 0 Å². The van der Waals surface area contributed by atoms with Gasteiger partial charge < -0.3 is 0 Å². The molecule has 0 amide bonds. The number of rotatable bonds is 3. The monoisotopic (exact) mass is 309 g/mol. The molecule has 0 radical (unpaired) electrons. The van der Waals surface area contributed by atoms with Crippen LogP contribution >= 0.6 is 23.1 Å². The predicted molar refractivity (Wildman–Crippen MR) is 76.8 cm³/mol. The minimum atomic E-state index is -0.567. The Bertz CT molecular complexity index is 867. The molecule has 0 atom stereocenters. The SMILES string of the molecule is O=c1[nH]c(=O)c2sc(SCc3ccc(F)cc3)nc2[nH]1. The van der Waals surface area contributed by atoms with Crippen LogP contribution in [0.5, 0.6) is 0 Å². The lowest BCUT2D eigenvalue weighted by atomic mass is 10.2. The van der Waals surface area contributed by atoms with Crippen molar-refractivity contribution in [3.63, 3.8) is 0 Å². The zero-order chi connectivity index (χ0) is 14.1. The first-order valence-electron chi connectivity index (χ1n) is 5.62. The Morgan fingerprint density at radius 2 is 1.95 bits per heavy atom. The van der Waals surface area contributed by atoms with Gasteiger partial charge in [0, 0.05) is 5.75 Å². The van der Waals surface area contributed by atoms with Crippen LogP contribution in [0.4, 0.5) is 4.39 Å². The lowest BCUT2D eigenvalue weighted by Crippen LogP contribution is -2.20. The summed E-state index contributed by atoms with van der Waals surface area (Å²) < 4.78 is 13.9. The van der Waals surface area contributed by atoms with Crippen molar-refractivity contribution in [1.82, 2.24) is 15.0 Å². The van der Waals surface area contributed by atoms with Gasteiger partial charge in [0.15, 0.2) is 9.99 Å². The van der Waals surface area contributed by atoms with Crippen molar-refractivity contribution in [1.29, 1.82) is 0 Å². The third-order valence-electron chi connectivity index (χ3n) is 2.55. The zero-order valence-corrected chi connectivity index (χ0v) is 11.6. The molecule has 0 fully saturated rings. The number of H-pyrrole nitrogens is 2. The van der Waals surface area contributed by atoms with E-state index in [0.717, 1.165) is 5.56 Å².